The van der Waals surface area contributed by atoms with Gasteiger partial charge in [0.15, 0.2) is 0 Å². The summed E-state index contributed by atoms with van der Waals surface area (Å²) in [5.74, 6) is -0.414. The number of ether oxygens (including phenoxy) is 2. The van der Waals surface area contributed by atoms with Crippen LogP contribution in [0.15, 0.2) is 30.3 Å². The second-order valence-corrected chi connectivity index (χ2v) is 5.39. The van der Waals surface area contributed by atoms with Crippen LogP contribution >= 0.6 is 0 Å². The van der Waals surface area contributed by atoms with E-state index in [1.807, 2.05) is 30.3 Å². The Morgan fingerprint density at radius 2 is 1.90 bits per heavy atom. The van der Waals surface area contributed by atoms with Crippen molar-refractivity contribution >= 4 is 5.97 Å². The van der Waals surface area contributed by atoms with Crippen LogP contribution in [0.5, 0.6) is 0 Å². The number of hydrogen-bond acceptors (Lipinski definition) is 4. The molecule has 0 bridgehead atoms. The van der Waals surface area contributed by atoms with E-state index >= 15 is 0 Å². The lowest BCUT2D eigenvalue weighted by Crippen LogP contribution is -2.45. The highest BCUT2D eigenvalue weighted by Gasteiger charge is 2.40. The van der Waals surface area contributed by atoms with Gasteiger partial charge in [0.05, 0.1) is 30.8 Å². The van der Waals surface area contributed by atoms with Crippen LogP contribution in [-0.4, -0.2) is 29.9 Å². The molecule has 20 heavy (non-hydrogen) atoms. The Bertz CT molecular complexity index is 414. The maximum Gasteiger partial charge on any atom is 0.314 e. The van der Waals surface area contributed by atoms with Crippen LogP contribution in [0.3, 0.4) is 0 Å². The zero-order valence-corrected chi connectivity index (χ0v) is 12.6. The van der Waals surface area contributed by atoms with Crippen LogP contribution < -0.4 is 0 Å². The maximum atomic E-state index is 11.8. The summed E-state index contributed by atoms with van der Waals surface area (Å²) in [4.78, 5) is 11.8. The van der Waals surface area contributed by atoms with Gasteiger partial charge in [0.25, 0.3) is 0 Å². The number of aliphatic hydroxyl groups is 1. The van der Waals surface area contributed by atoms with Gasteiger partial charge in [0.1, 0.15) is 0 Å². The Kier molecular flexibility index (Phi) is 6.17. The van der Waals surface area contributed by atoms with Crippen molar-refractivity contribution in [1.82, 2.24) is 0 Å². The molecule has 0 fully saturated rings. The predicted molar refractivity (Wildman–Crippen MR) is 77.1 cm³/mol. The number of carbonyl (C=O) groups excluding carboxylic acids is 1. The fraction of sp³-hybridized carbons (Fsp3) is 0.562. The van der Waals surface area contributed by atoms with E-state index in [1.54, 1.807) is 27.7 Å². The summed E-state index contributed by atoms with van der Waals surface area (Å²) in [6.07, 6.45) is -1.39. The Hall–Kier alpha value is -1.39. The van der Waals surface area contributed by atoms with Crippen molar-refractivity contribution in [3.63, 3.8) is 0 Å². The number of benzene rings is 1. The van der Waals surface area contributed by atoms with Gasteiger partial charge in [-0.15, -0.1) is 0 Å². The van der Waals surface area contributed by atoms with Crippen LogP contribution in [0.1, 0.15) is 33.3 Å². The van der Waals surface area contributed by atoms with Gasteiger partial charge in [0, 0.05) is 0 Å². The fourth-order valence-electron chi connectivity index (χ4n) is 1.92. The largest absolute Gasteiger partial charge is 0.466 e. The van der Waals surface area contributed by atoms with Crippen LogP contribution in [-0.2, 0) is 20.9 Å². The van der Waals surface area contributed by atoms with Crippen molar-refractivity contribution in [2.24, 2.45) is 5.41 Å². The van der Waals surface area contributed by atoms with Gasteiger partial charge in [-0.1, -0.05) is 30.3 Å². The van der Waals surface area contributed by atoms with E-state index in [0.29, 0.717) is 13.2 Å². The smallest absolute Gasteiger partial charge is 0.314 e. The lowest BCUT2D eigenvalue weighted by atomic mass is 9.84. The first kappa shape index (κ1) is 16.7. The molecule has 1 rings (SSSR count). The highest BCUT2D eigenvalue weighted by molar-refractivity contribution is 5.76. The topological polar surface area (TPSA) is 55.8 Å². The summed E-state index contributed by atoms with van der Waals surface area (Å²) < 4.78 is 10.6. The zero-order valence-electron chi connectivity index (χ0n) is 12.6. The third-order valence-electron chi connectivity index (χ3n) is 3.34. The second-order valence-electron chi connectivity index (χ2n) is 5.39. The monoisotopic (exact) mass is 280 g/mol. The van der Waals surface area contributed by atoms with Gasteiger partial charge in [-0.3, -0.25) is 4.79 Å². The number of esters is 1. The third-order valence-corrected chi connectivity index (χ3v) is 3.34. The van der Waals surface area contributed by atoms with Gasteiger partial charge in [0.2, 0.25) is 0 Å². The van der Waals surface area contributed by atoms with Gasteiger partial charge in [-0.25, -0.2) is 0 Å². The quantitative estimate of drug-likeness (QED) is 0.780. The average Bonchev–Trinajstić information content (AvgIpc) is 2.45. The van der Waals surface area contributed by atoms with E-state index in [0.717, 1.165) is 5.56 Å². The Balaban J connectivity index is 2.57. The van der Waals surface area contributed by atoms with Gasteiger partial charge in [-0.2, -0.15) is 0 Å². The van der Waals surface area contributed by atoms with E-state index in [9.17, 15) is 9.90 Å². The molecule has 0 aliphatic rings. The molecule has 0 amide bonds. The van der Waals surface area contributed by atoms with Crippen LogP contribution in [0, 0.1) is 5.41 Å². The molecule has 1 aromatic rings. The summed E-state index contributed by atoms with van der Waals surface area (Å²) in [7, 11) is 0. The molecule has 2 atom stereocenters. The standard InChI is InChI=1S/C16H24O4/c1-5-19-15(18)16(3,4)14(17)12(2)20-11-13-9-7-6-8-10-13/h6-10,12,14,17H,5,11H2,1-4H3/t12-,14+/m0/s1. The number of aliphatic hydroxyl groups excluding tert-OH is 1. The second kappa shape index (κ2) is 7.41. The van der Waals surface area contributed by atoms with E-state index in [-0.39, 0.29) is 0 Å². The van der Waals surface area contributed by atoms with E-state index in [1.165, 1.54) is 0 Å². The third kappa shape index (κ3) is 4.32. The predicted octanol–water partition coefficient (Wildman–Crippen LogP) is 2.54. The number of carbonyl (C=O) groups is 1. The molecule has 112 valence electrons. The summed E-state index contributed by atoms with van der Waals surface area (Å²) in [5.41, 5.74) is 0.0343. The SMILES string of the molecule is CCOC(=O)C(C)(C)[C@H](O)[C@H](C)OCc1ccccc1. The molecule has 0 heterocycles. The number of hydrogen-bond donors (Lipinski definition) is 1. The molecule has 0 saturated heterocycles. The maximum absolute atomic E-state index is 11.8. The van der Waals surface area contributed by atoms with Crippen molar-refractivity contribution in [2.75, 3.05) is 6.61 Å². The van der Waals surface area contributed by atoms with E-state index in [4.69, 9.17) is 9.47 Å². The molecule has 0 radical (unpaired) electrons. The van der Waals surface area contributed by atoms with Crippen molar-refractivity contribution in [3.05, 3.63) is 35.9 Å². The zero-order chi connectivity index (χ0) is 15.2. The lowest BCUT2D eigenvalue weighted by molar-refractivity contribution is -0.167. The summed E-state index contributed by atoms with van der Waals surface area (Å²) in [6.45, 7) is 7.53. The van der Waals surface area contributed by atoms with E-state index < -0.39 is 23.6 Å². The average molecular weight is 280 g/mol. The molecule has 4 nitrogen and oxygen atoms in total. The van der Waals surface area contributed by atoms with Crippen LogP contribution in [0.4, 0.5) is 0 Å². The molecular weight excluding hydrogens is 256 g/mol. The minimum atomic E-state index is -0.994. The van der Waals surface area contributed by atoms with Crippen molar-refractivity contribution in [1.29, 1.82) is 0 Å². The summed E-state index contributed by atoms with van der Waals surface area (Å²) in [5, 5.41) is 10.3. The lowest BCUT2D eigenvalue weighted by Gasteiger charge is -2.32. The molecule has 0 spiro atoms. The molecule has 1 aromatic carbocycles. The molecule has 0 saturated carbocycles. The minimum absolute atomic E-state index is 0.300. The van der Waals surface area contributed by atoms with Crippen molar-refractivity contribution in [3.8, 4) is 0 Å². The minimum Gasteiger partial charge on any atom is -0.466 e. The Labute approximate surface area is 120 Å². The van der Waals surface area contributed by atoms with Gasteiger partial charge in [-0.05, 0) is 33.3 Å². The molecule has 4 heteroatoms. The first-order valence-electron chi connectivity index (χ1n) is 6.90. The Morgan fingerprint density at radius 1 is 1.30 bits per heavy atom. The normalized spacial score (nSPS) is 14.7. The summed E-state index contributed by atoms with van der Waals surface area (Å²) >= 11 is 0. The molecule has 0 aromatic heterocycles. The van der Waals surface area contributed by atoms with Crippen molar-refractivity contribution in [2.45, 2.75) is 46.5 Å². The fourth-order valence-corrected chi connectivity index (χ4v) is 1.92. The highest BCUT2D eigenvalue weighted by Crippen LogP contribution is 2.26. The number of rotatable bonds is 7. The van der Waals surface area contributed by atoms with Crippen molar-refractivity contribution < 1.29 is 19.4 Å². The first-order chi connectivity index (χ1) is 9.39. The summed E-state index contributed by atoms with van der Waals surface area (Å²) in [6, 6.07) is 9.71. The van der Waals surface area contributed by atoms with Crippen LogP contribution in [0.25, 0.3) is 0 Å². The molecule has 1 N–H and O–H groups in total. The molecular formula is C16H24O4. The Morgan fingerprint density at radius 3 is 2.45 bits per heavy atom. The van der Waals surface area contributed by atoms with Gasteiger partial charge < -0.3 is 14.6 Å². The molecule has 0 unspecified atom stereocenters. The first-order valence-corrected chi connectivity index (χ1v) is 6.90. The molecule has 0 aliphatic heterocycles. The van der Waals surface area contributed by atoms with Crippen LogP contribution in [0.2, 0.25) is 0 Å². The highest BCUT2D eigenvalue weighted by atomic mass is 16.5. The van der Waals surface area contributed by atoms with E-state index in [2.05, 4.69) is 0 Å². The van der Waals surface area contributed by atoms with Gasteiger partial charge >= 0.3 is 5.97 Å². The molecule has 0 aliphatic carbocycles.